The predicted molar refractivity (Wildman–Crippen MR) is 74.6 cm³/mol. The van der Waals surface area contributed by atoms with E-state index in [9.17, 15) is 4.39 Å². The minimum atomic E-state index is -0.156. The number of rotatable bonds is 6. The minimum absolute atomic E-state index is 0.0770. The van der Waals surface area contributed by atoms with Crippen molar-refractivity contribution in [2.75, 3.05) is 13.1 Å². The third-order valence-corrected chi connectivity index (χ3v) is 4.37. The van der Waals surface area contributed by atoms with Crippen LogP contribution in [0.2, 0.25) is 5.02 Å². The molecule has 1 fully saturated rings. The zero-order valence-electron chi connectivity index (χ0n) is 11.1. The third-order valence-electron chi connectivity index (χ3n) is 4.05. The van der Waals surface area contributed by atoms with Gasteiger partial charge in [-0.25, -0.2) is 4.39 Å². The number of hydrogen-bond acceptors (Lipinski definition) is 1. The van der Waals surface area contributed by atoms with Gasteiger partial charge in [0.05, 0.1) is 0 Å². The van der Waals surface area contributed by atoms with Gasteiger partial charge < -0.3 is 5.32 Å². The smallest absolute Gasteiger partial charge is 0.128 e. The van der Waals surface area contributed by atoms with Crippen LogP contribution in [0.3, 0.4) is 0 Å². The summed E-state index contributed by atoms with van der Waals surface area (Å²) < 4.78 is 14.1. The number of hydrogen-bond donors (Lipinski definition) is 1. The zero-order valence-corrected chi connectivity index (χ0v) is 11.9. The van der Waals surface area contributed by atoms with Gasteiger partial charge in [0.25, 0.3) is 0 Å². The lowest BCUT2D eigenvalue weighted by Gasteiger charge is -2.20. The van der Waals surface area contributed by atoms with Crippen molar-refractivity contribution in [2.24, 2.45) is 5.92 Å². The molecular weight excluding hydrogens is 249 g/mol. The van der Waals surface area contributed by atoms with E-state index < -0.39 is 0 Å². The molecule has 0 saturated heterocycles. The molecule has 1 saturated carbocycles. The maximum atomic E-state index is 14.1. The lowest BCUT2D eigenvalue weighted by molar-refractivity contribution is 0.494. The first kappa shape index (κ1) is 13.8. The first-order chi connectivity index (χ1) is 8.65. The van der Waals surface area contributed by atoms with E-state index in [0.717, 1.165) is 37.9 Å². The maximum absolute atomic E-state index is 14.1. The second kappa shape index (κ2) is 5.58. The summed E-state index contributed by atoms with van der Waals surface area (Å²) in [6, 6.07) is 5.00. The lowest BCUT2D eigenvalue weighted by Crippen LogP contribution is -2.30. The van der Waals surface area contributed by atoms with Gasteiger partial charge in [-0.15, -0.1) is 0 Å². The fourth-order valence-corrected chi connectivity index (χ4v) is 3.34. The van der Waals surface area contributed by atoms with E-state index in [4.69, 9.17) is 11.6 Å². The highest BCUT2D eigenvalue weighted by molar-refractivity contribution is 6.31. The molecule has 3 heteroatoms. The van der Waals surface area contributed by atoms with Crippen molar-refractivity contribution < 1.29 is 4.39 Å². The Labute approximate surface area is 114 Å². The van der Waals surface area contributed by atoms with E-state index in [-0.39, 0.29) is 11.2 Å². The maximum Gasteiger partial charge on any atom is 0.128 e. The van der Waals surface area contributed by atoms with Crippen molar-refractivity contribution in [3.05, 3.63) is 34.6 Å². The molecule has 0 amide bonds. The van der Waals surface area contributed by atoms with Crippen molar-refractivity contribution in [3.8, 4) is 0 Å². The molecule has 1 aromatic carbocycles. The number of halogens is 2. The highest BCUT2D eigenvalue weighted by Gasteiger charge is 2.55. The van der Waals surface area contributed by atoms with Crippen molar-refractivity contribution in [3.63, 3.8) is 0 Å². The van der Waals surface area contributed by atoms with Crippen LogP contribution in [0, 0.1) is 11.7 Å². The summed E-state index contributed by atoms with van der Waals surface area (Å²) >= 11 is 6.22. The molecular formula is C15H21ClFN. The standard InChI is InChI=1S/C15H21ClFN/c1-3-8-18-10-15(9-11(15)4-2)14-12(16)6-5-7-13(14)17/h5-7,11,18H,3-4,8-10H2,1-2H3. The Bertz CT molecular complexity index is 401. The van der Waals surface area contributed by atoms with Gasteiger partial charge >= 0.3 is 0 Å². The summed E-state index contributed by atoms with van der Waals surface area (Å²) in [6.07, 6.45) is 3.22. The highest BCUT2D eigenvalue weighted by atomic mass is 35.5. The molecule has 2 unspecified atom stereocenters. The van der Waals surface area contributed by atoms with E-state index in [1.54, 1.807) is 12.1 Å². The van der Waals surface area contributed by atoms with Crippen molar-refractivity contribution in [1.29, 1.82) is 0 Å². The molecule has 1 aliphatic rings. The number of benzene rings is 1. The molecule has 0 aromatic heterocycles. The zero-order chi connectivity index (χ0) is 13.2. The summed E-state index contributed by atoms with van der Waals surface area (Å²) in [5.41, 5.74) is 0.647. The third kappa shape index (κ3) is 2.41. The van der Waals surface area contributed by atoms with Crippen molar-refractivity contribution in [2.45, 2.75) is 38.5 Å². The van der Waals surface area contributed by atoms with Gasteiger partial charge in [0.1, 0.15) is 5.82 Å². The molecule has 0 radical (unpaired) electrons. The SMILES string of the molecule is CCCNCC1(c2c(F)cccc2Cl)CC1CC. The molecule has 0 aliphatic heterocycles. The Morgan fingerprint density at radius 3 is 2.78 bits per heavy atom. The first-order valence-corrected chi connectivity index (χ1v) is 7.18. The van der Waals surface area contributed by atoms with Crippen molar-refractivity contribution in [1.82, 2.24) is 5.32 Å². The minimum Gasteiger partial charge on any atom is -0.316 e. The van der Waals surface area contributed by atoms with Crippen LogP contribution in [0.4, 0.5) is 4.39 Å². The first-order valence-electron chi connectivity index (χ1n) is 6.81. The van der Waals surface area contributed by atoms with Gasteiger partial charge in [-0.05, 0) is 37.4 Å². The second-order valence-electron chi connectivity index (χ2n) is 5.24. The van der Waals surface area contributed by atoms with E-state index in [2.05, 4.69) is 19.2 Å². The quantitative estimate of drug-likeness (QED) is 0.765. The molecule has 1 nitrogen and oxygen atoms in total. The Balaban J connectivity index is 2.25. The van der Waals surface area contributed by atoms with Crippen LogP contribution in [-0.2, 0) is 5.41 Å². The molecule has 1 aliphatic carbocycles. The molecule has 0 bridgehead atoms. The molecule has 2 atom stereocenters. The second-order valence-corrected chi connectivity index (χ2v) is 5.65. The van der Waals surface area contributed by atoms with E-state index in [1.165, 1.54) is 6.07 Å². The van der Waals surface area contributed by atoms with Crippen LogP contribution in [0.25, 0.3) is 0 Å². The van der Waals surface area contributed by atoms with E-state index in [0.29, 0.717) is 10.9 Å². The van der Waals surface area contributed by atoms with Crippen LogP contribution in [0.5, 0.6) is 0 Å². The fourth-order valence-electron chi connectivity index (χ4n) is 2.99. The summed E-state index contributed by atoms with van der Waals surface area (Å²) in [5.74, 6) is 0.396. The molecule has 0 heterocycles. The van der Waals surface area contributed by atoms with Gasteiger partial charge in [0, 0.05) is 22.5 Å². The topological polar surface area (TPSA) is 12.0 Å². The molecule has 100 valence electrons. The lowest BCUT2D eigenvalue weighted by atomic mass is 9.91. The van der Waals surface area contributed by atoms with Crippen LogP contribution in [-0.4, -0.2) is 13.1 Å². The van der Waals surface area contributed by atoms with E-state index >= 15 is 0 Å². The van der Waals surface area contributed by atoms with Gasteiger partial charge in [-0.3, -0.25) is 0 Å². The fraction of sp³-hybridized carbons (Fsp3) is 0.600. The van der Waals surface area contributed by atoms with Crippen LogP contribution >= 0.6 is 11.6 Å². The molecule has 2 rings (SSSR count). The van der Waals surface area contributed by atoms with Gasteiger partial charge in [-0.2, -0.15) is 0 Å². The summed E-state index contributed by atoms with van der Waals surface area (Å²) in [7, 11) is 0. The van der Waals surface area contributed by atoms with Gasteiger partial charge in [0.15, 0.2) is 0 Å². The number of nitrogens with one attached hydrogen (secondary N) is 1. The average Bonchev–Trinajstić information content (AvgIpc) is 3.04. The summed E-state index contributed by atoms with van der Waals surface area (Å²) in [4.78, 5) is 0. The molecule has 1 aromatic rings. The van der Waals surface area contributed by atoms with Crippen LogP contribution in [0.1, 0.15) is 38.7 Å². The Morgan fingerprint density at radius 2 is 2.22 bits per heavy atom. The Kier molecular flexibility index (Phi) is 4.29. The van der Waals surface area contributed by atoms with Gasteiger partial charge in [0.2, 0.25) is 0 Å². The Morgan fingerprint density at radius 1 is 1.44 bits per heavy atom. The summed E-state index contributed by atoms with van der Waals surface area (Å²) in [6.45, 7) is 6.12. The monoisotopic (exact) mass is 269 g/mol. The van der Waals surface area contributed by atoms with Crippen LogP contribution in [0.15, 0.2) is 18.2 Å². The molecule has 0 spiro atoms. The predicted octanol–water partition coefficient (Wildman–Crippen LogP) is 4.15. The van der Waals surface area contributed by atoms with Crippen LogP contribution < -0.4 is 5.32 Å². The Hall–Kier alpha value is -0.600. The molecule has 18 heavy (non-hydrogen) atoms. The largest absolute Gasteiger partial charge is 0.316 e. The summed E-state index contributed by atoms with van der Waals surface area (Å²) in [5, 5.41) is 4.00. The van der Waals surface area contributed by atoms with Crippen molar-refractivity contribution >= 4 is 11.6 Å². The molecule has 1 N–H and O–H groups in total. The highest BCUT2D eigenvalue weighted by Crippen LogP contribution is 2.57. The average molecular weight is 270 g/mol. The van der Waals surface area contributed by atoms with E-state index in [1.807, 2.05) is 0 Å². The van der Waals surface area contributed by atoms with Gasteiger partial charge in [-0.1, -0.05) is 37.9 Å². The normalized spacial score (nSPS) is 26.3.